The maximum atomic E-state index is 11.3. The molecule has 1 N–H and O–H groups in total. The minimum atomic E-state index is -0.739. The van der Waals surface area contributed by atoms with Gasteiger partial charge in [0, 0.05) is 17.7 Å². The lowest BCUT2D eigenvalue weighted by atomic mass is 9.95. The molecule has 1 aliphatic rings. The lowest BCUT2D eigenvalue weighted by molar-refractivity contribution is -0.142. The molecule has 1 fully saturated rings. The van der Waals surface area contributed by atoms with E-state index in [9.17, 15) is 9.90 Å². The molecule has 1 aliphatic carbocycles. The minimum absolute atomic E-state index is 0.0595. The first-order chi connectivity index (χ1) is 9.08. The van der Waals surface area contributed by atoms with Crippen LogP contribution in [0.25, 0.3) is 5.65 Å². The zero-order valence-electron chi connectivity index (χ0n) is 11.0. The Morgan fingerprint density at radius 1 is 1.37 bits per heavy atom. The van der Waals surface area contributed by atoms with E-state index in [1.54, 1.807) is 0 Å². The van der Waals surface area contributed by atoms with Gasteiger partial charge in [0.05, 0.1) is 5.92 Å². The van der Waals surface area contributed by atoms with E-state index in [0.717, 1.165) is 35.8 Å². The fraction of sp³-hybridized carbons (Fsp3) is 0.538. The van der Waals surface area contributed by atoms with Gasteiger partial charge in [-0.3, -0.25) is 9.20 Å². The highest BCUT2D eigenvalue weighted by molar-refractivity contribution is 5.71. The number of aliphatic carboxylic acids is 1. The summed E-state index contributed by atoms with van der Waals surface area (Å²) in [6.07, 6.45) is 2.49. The van der Waals surface area contributed by atoms with E-state index in [4.69, 9.17) is 0 Å². The Balaban J connectivity index is 2.13. The van der Waals surface area contributed by atoms with Crippen LogP contribution in [0.5, 0.6) is 0 Å². The number of aromatic nitrogens is 4. The molecule has 19 heavy (non-hydrogen) atoms. The highest BCUT2D eigenvalue weighted by atomic mass is 16.4. The van der Waals surface area contributed by atoms with Gasteiger partial charge in [-0.15, -0.1) is 10.2 Å². The Bertz CT molecular complexity index is 649. The van der Waals surface area contributed by atoms with Crippen LogP contribution >= 0.6 is 0 Å². The first-order valence-electron chi connectivity index (χ1n) is 6.50. The van der Waals surface area contributed by atoms with Crippen molar-refractivity contribution in [1.82, 2.24) is 19.6 Å². The first-order valence-corrected chi connectivity index (χ1v) is 6.50. The van der Waals surface area contributed by atoms with Gasteiger partial charge in [0.1, 0.15) is 11.6 Å². The van der Waals surface area contributed by atoms with Crippen molar-refractivity contribution in [3.05, 3.63) is 23.4 Å². The Kier molecular flexibility index (Phi) is 2.73. The van der Waals surface area contributed by atoms with Crippen LogP contribution in [0, 0.1) is 19.8 Å². The molecule has 2 unspecified atom stereocenters. The summed E-state index contributed by atoms with van der Waals surface area (Å²) in [7, 11) is 0. The zero-order valence-corrected chi connectivity index (χ0v) is 11.0. The topological polar surface area (TPSA) is 80.4 Å². The molecule has 0 bridgehead atoms. The lowest BCUT2D eigenvalue weighted by Crippen LogP contribution is -2.19. The van der Waals surface area contributed by atoms with Gasteiger partial charge in [0.2, 0.25) is 0 Å². The van der Waals surface area contributed by atoms with Crippen LogP contribution < -0.4 is 0 Å². The number of rotatable bonds is 2. The molecule has 0 radical (unpaired) electrons. The summed E-state index contributed by atoms with van der Waals surface area (Å²) in [4.78, 5) is 15.7. The Labute approximate surface area is 110 Å². The third kappa shape index (κ3) is 1.87. The standard InChI is InChI=1S/C13H16N4O2/c1-7-6-11-15-16-12(17(11)8(2)14-7)9-4-3-5-10(9)13(18)19/h6,9-10H,3-5H2,1-2H3,(H,18,19). The van der Waals surface area contributed by atoms with Crippen molar-refractivity contribution < 1.29 is 9.90 Å². The fourth-order valence-corrected chi connectivity index (χ4v) is 3.06. The number of hydrogen-bond acceptors (Lipinski definition) is 4. The summed E-state index contributed by atoms with van der Waals surface area (Å²) in [5, 5.41) is 17.7. The number of carboxylic acids is 1. The normalized spacial score (nSPS) is 23.1. The summed E-state index contributed by atoms with van der Waals surface area (Å²) < 4.78 is 1.89. The lowest BCUT2D eigenvalue weighted by Gasteiger charge is -2.14. The first kappa shape index (κ1) is 12.1. The molecule has 2 aromatic heterocycles. The van der Waals surface area contributed by atoms with Crippen molar-refractivity contribution in [2.75, 3.05) is 0 Å². The molecule has 6 heteroatoms. The van der Waals surface area contributed by atoms with E-state index in [2.05, 4.69) is 15.2 Å². The molecule has 0 amide bonds. The van der Waals surface area contributed by atoms with Crippen LogP contribution in [0.3, 0.4) is 0 Å². The van der Waals surface area contributed by atoms with E-state index in [-0.39, 0.29) is 11.8 Å². The number of fused-ring (bicyclic) bond motifs is 1. The Morgan fingerprint density at radius 3 is 2.89 bits per heavy atom. The summed E-state index contributed by atoms with van der Waals surface area (Å²) >= 11 is 0. The van der Waals surface area contributed by atoms with Gasteiger partial charge in [-0.05, 0) is 26.7 Å². The minimum Gasteiger partial charge on any atom is -0.481 e. The fourth-order valence-electron chi connectivity index (χ4n) is 3.06. The largest absolute Gasteiger partial charge is 0.481 e. The van der Waals surface area contributed by atoms with Crippen LogP contribution in [-0.4, -0.2) is 30.7 Å². The van der Waals surface area contributed by atoms with Crippen LogP contribution in [0.15, 0.2) is 6.07 Å². The van der Waals surface area contributed by atoms with Gasteiger partial charge in [-0.25, -0.2) is 4.98 Å². The molecule has 0 aliphatic heterocycles. The van der Waals surface area contributed by atoms with E-state index in [1.807, 2.05) is 24.3 Å². The molecule has 6 nitrogen and oxygen atoms in total. The SMILES string of the molecule is Cc1cc2nnc(C3CCCC3C(=O)O)n2c(C)n1. The van der Waals surface area contributed by atoms with E-state index in [0.29, 0.717) is 6.42 Å². The molecular weight excluding hydrogens is 244 g/mol. The van der Waals surface area contributed by atoms with Gasteiger partial charge < -0.3 is 5.11 Å². The predicted octanol–water partition coefficient (Wildman–Crippen LogP) is 1.71. The average molecular weight is 260 g/mol. The highest BCUT2D eigenvalue weighted by Crippen LogP contribution is 2.39. The van der Waals surface area contributed by atoms with Crippen LogP contribution in [0.4, 0.5) is 0 Å². The van der Waals surface area contributed by atoms with Gasteiger partial charge >= 0.3 is 5.97 Å². The average Bonchev–Trinajstić information content (AvgIpc) is 2.92. The maximum absolute atomic E-state index is 11.3. The van der Waals surface area contributed by atoms with E-state index in [1.165, 1.54) is 0 Å². The second-order valence-electron chi connectivity index (χ2n) is 5.18. The quantitative estimate of drug-likeness (QED) is 0.889. The van der Waals surface area contributed by atoms with Crippen molar-refractivity contribution in [3.63, 3.8) is 0 Å². The molecule has 0 aromatic carbocycles. The molecule has 1 saturated carbocycles. The monoisotopic (exact) mass is 260 g/mol. The third-order valence-electron chi connectivity index (χ3n) is 3.88. The molecule has 3 rings (SSSR count). The summed E-state index contributed by atoms with van der Waals surface area (Å²) in [6.45, 7) is 3.81. The van der Waals surface area contributed by atoms with Gasteiger partial charge in [0.15, 0.2) is 5.65 Å². The van der Waals surface area contributed by atoms with Crippen LogP contribution in [0.2, 0.25) is 0 Å². The number of aryl methyl sites for hydroxylation is 2. The molecule has 2 atom stereocenters. The summed E-state index contributed by atoms with van der Waals surface area (Å²) in [5.74, 6) is 0.400. The predicted molar refractivity (Wildman–Crippen MR) is 68.0 cm³/mol. The number of carbonyl (C=O) groups is 1. The van der Waals surface area contributed by atoms with Crippen molar-refractivity contribution in [2.45, 2.75) is 39.0 Å². The molecule has 0 saturated heterocycles. The van der Waals surface area contributed by atoms with Crippen molar-refractivity contribution in [3.8, 4) is 0 Å². The third-order valence-corrected chi connectivity index (χ3v) is 3.88. The summed E-state index contributed by atoms with van der Waals surface area (Å²) in [5.41, 5.74) is 1.64. The molecule has 2 aromatic rings. The second kappa shape index (κ2) is 4.29. The Morgan fingerprint density at radius 2 is 2.16 bits per heavy atom. The number of carboxylic acid groups (broad SMARTS) is 1. The van der Waals surface area contributed by atoms with E-state index < -0.39 is 5.97 Å². The van der Waals surface area contributed by atoms with Crippen LogP contribution in [0.1, 0.15) is 42.5 Å². The number of nitrogens with zero attached hydrogens (tertiary/aromatic N) is 4. The van der Waals surface area contributed by atoms with Gasteiger partial charge in [-0.2, -0.15) is 0 Å². The molecule has 100 valence electrons. The molecular formula is C13H16N4O2. The second-order valence-corrected chi connectivity index (χ2v) is 5.18. The summed E-state index contributed by atoms with van der Waals surface area (Å²) in [6, 6.07) is 1.87. The van der Waals surface area contributed by atoms with Crippen molar-refractivity contribution >= 4 is 11.6 Å². The van der Waals surface area contributed by atoms with Crippen molar-refractivity contribution in [2.24, 2.45) is 5.92 Å². The number of hydrogen-bond donors (Lipinski definition) is 1. The van der Waals surface area contributed by atoms with Gasteiger partial charge in [0.25, 0.3) is 0 Å². The van der Waals surface area contributed by atoms with E-state index >= 15 is 0 Å². The maximum Gasteiger partial charge on any atom is 0.307 e. The molecule has 2 heterocycles. The smallest absolute Gasteiger partial charge is 0.307 e. The van der Waals surface area contributed by atoms with Crippen molar-refractivity contribution in [1.29, 1.82) is 0 Å². The zero-order chi connectivity index (χ0) is 13.6. The molecule has 0 spiro atoms. The Hall–Kier alpha value is -1.98. The highest BCUT2D eigenvalue weighted by Gasteiger charge is 2.37. The van der Waals surface area contributed by atoms with Crippen LogP contribution in [-0.2, 0) is 4.79 Å². The van der Waals surface area contributed by atoms with Gasteiger partial charge in [-0.1, -0.05) is 6.42 Å².